The topological polar surface area (TPSA) is 17.1 Å². The van der Waals surface area contributed by atoms with Crippen LogP contribution in [0.4, 0.5) is 0 Å². The first-order valence-electron chi connectivity index (χ1n) is 7.83. The summed E-state index contributed by atoms with van der Waals surface area (Å²) in [5.74, 6) is 5.58. The first kappa shape index (κ1) is 14.2. The number of hydrogen-bond donors (Lipinski definition) is 0. The van der Waals surface area contributed by atoms with E-state index < -0.39 is 0 Å². The predicted octanol–water partition coefficient (Wildman–Crippen LogP) is 5.23. The lowest BCUT2D eigenvalue weighted by atomic mass is 10.0. The molecule has 0 fully saturated rings. The summed E-state index contributed by atoms with van der Waals surface area (Å²) >= 11 is 0. The number of carbonyl (C=O) groups excluding carboxylic acids is 1. The van der Waals surface area contributed by atoms with Crippen molar-refractivity contribution in [2.24, 2.45) is 0 Å². The van der Waals surface area contributed by atoms with Crippen LogP contribution in [0, 0.1) is 11.8 Å². The predicted molar refractivity (Wildman–Crippen MR) is 99.1 cm³/mol. The molecule has 0 aliphatic rings. The molecule has 0 radical (unpaired) electrons. The molecule has 1 heteroatoms. The number of rotatable bonds is 1. The van der Waals surface area contributed by atoms with Crippen molar-refractivity contribution in [2.45, 2.75) is 0 Å². The first-order chi connectivity index (χ1) is 11.8. The zero-order chi connectivity index (χ0) is 16.4. The Morgan fingerprint density at radius 1 is 0.625 bits per heavy atom. The van der Waals surface area contributed by atoms with Gasteiger partial charge >= 0.3 is 0 Å². The van der Waals surface area contributed by atoms with Crippen molar-refractivity contribution in [3.8, 4) is 11.8 Å². The van der Waals surface area contributed by atoms with E-state index in [9.17, 15) is 4.79 Å². The van der Waals surface area contributed by atoms with Gasteiger partial charge in [-0.2, -0.15) is 0 Å². The molecule has 4 aromatic rings. The molecule has 0 atom stereocenters. The minimum absolute atomic E-state index is 0.158. The van der Waals surface area contributed by atoms with E-state index in [0.29, 0.717) is 5.56 Å². The van der Waals surface area contributed by atoms with Crippen LogP contribution >= 0.6 is 0 Å². The third-order valence-corrected chi connectivity index (χ3v) is 4.08. The van der Waals surface area contributed by atoms with Gasteiger partial charge in [0, 0.05) is 11.1 Å². The average molecular weight is 306 g/mol. The first-order valence-corrected chi connectivity index (χ1v) is 7.83. The highest BCUT2D eigenvalue weighted by atomic mass is 16.1. The van der Waals surface area contributed by atoms with Crippen LogP contribution in [0.25, 0.3) is 21.5 Å². The second-order valence-electron chi connectivity index (χ2n) is 5.70. The Bertz CT molecular complexity index is 1130. The minimum Gasteiger partial charge on any atom is -0.279 e. The molecule has 4 rings (SSSR count). The standard InChI is InChI=1S/C23H14O/c24-23(22-13-12-19-6-2-4-8-21(19)16-22)14-10-17-9-11-18-5-1-3-7-20(18)15-17/h1-9,11-13,15-16H. The second-order valence-corrected chi connectivity index (χ2v) is 5.70. The molecule has 0 spiro atoms. The van der Waals surface area contributed by atoms with Gasteiger partial charge in [-0.25, -0.2) is 0 Å². The fraction of sp³-hybridized carbons (Fsp3) is 0. The monoisotopic (exact) mass is 306 g/mol. The second kappa shape index (κ2) is 6.02. The van der Waals surface area contributed by atoms with E-state index in [-0.39, 0.29) is 5.78 Å². The van der Waals surface area contributed by atoms with Gasteiger partial charge in [-0.05, 0) is 51.7 Å². The average Bonchev–Trinajstić information content (AvgIpc) is 2.65. The Labute approximate surface area is 140 Å². The molecular formula is C23H14O. The van der Waals surface area contributed by atoms with Crippen molar-refractivity contribution in [1.29, 1.82) is 0 Å². The lowest BCUT2D eigenvalue weighted by molar-refractivity contribution is 0.105. The molecule has 0 N–H and O–H groups in total. The van der Waals surface area contributed by atoms with E-state index in [1.807, 2.05) is 78.9 Å². The maximum absolute atomic E-state index is 12.4. The fourth-order valence-corrected chi connectivity index (χ4v) is 2.80. The van der Waals surface area contributed by atoms with Gasteiger partial charge in [-0.3, -0.25) is 4.79 Å². The van der Waals surface area contributed by atoms with Gasteiger partial charge in [0.1, 0.15) is 0 Å². The Morgan fingerprint density at radius 2 is 1.21 bits per heavy atom. The molecule has 0 unspecified atom stereocenters. The molecule has 0 aliphatic carbocycles. The number of carbonyl (C=O) groups is 1. The zero-order valence-electron chi connectivity index (χ0n) is 13.0. The normalized spacial score (nSPS) is 10.3. The van der Waals surface area contributed by atoms with Crippen molar-refractivity contribution in [3.05, 3.63) is 96.1 Å². The minimum atomic E-state index is -0.158. The van der Waals surface area contributed by atoms with Crippen LogP contribution in [-0.4, -0.2) is 5.78 Å². The Morgan fingerprint density at radius 3 is 1.92 bits per heavy atom. The van der Waals surface area contributed by atoms with Gasteiger partial charge in [0.25, 0.3) is 0 Å². The van der Waals surface area contributed by atoms with Crippen molar-refractivity contribution in [2.75, 3.05) is 0 Å². The number of benzene rings is 4. The van der Waals surface area contributed by atoms with E-state index >= 15 is 0 Å². The van der Waals surface area contributed by atoms with E-state index in [1.54, 1.807) is 0 Å². The summed E-state index contributed by atoms with van der Waals surface area (Å²) in [5, 5.41) is 4.47. The summed E-state index contributed by atoms with van der Waals surface area (Å²) in [4.78, 5) is 12.4. The summed E-state index contributed by atoms with van der Waals surface area (Å²) in [6, 6.07) is 27.8. The molecule has 0 saturated heterocycles. The zero-order valence-corrected chi connectivity index (χ0v) is 13.0. The van der Waals surface area contributed by atoms with Crippen LogP contribution < -0.4 is 0 Å². The van der Waals surface area contributed by atoms with Gasteiger partial charge in [0.2, 0.25) is 5.78 Å². The van der Waals surface area contributed by atoms with Gasteiger partial charge in [0.05, 0.1) is 0 Å². The van der Waals surface area contributed by atoms with E-state index in [2.05, 4.69) is 17.9 Å². The molecule has 0 aliphatic heterocycles. The van der Waals surface area contributed by atoms with Crippen LogP contribution in [0.3, 0.4) is 0 Å². The van der Waals surface area contributed by atoms with Crippen LogP contribution in [0.1, 0.15) is 15.9 Å². The third kappa shape index (κ3) is 2.78. The number of ketones is 1. The Balaban J connectivity index is 1.66. The van der Waals surface area contributed by atoms with Gasteiger partial charge < -0.3 is 0 Å². The molecule has 0 saturated carbocycles. The number of fused-ring (bicyclic) bond motifs is 2. The molecule has 24 heavy (non-hydrogen) atoms. The maximum Gasteiger partial charge on any atom is 0.236 e. The van der Waals surface area contributed by atoms with E-state index in [1.165, 1.54) is 5.39 Å². The third-order valence-electron chi connectivity index (χ3n) is 4.08. The van der Waals surface area contributed by atoms with Gasteiger partial charge in [-0.15, -0.1) is 0 Å². The molecule has 112 valence electrons. The smallest absolute Gasteiger partial charge is 0.236 e. The molecule has 0 bridgehead atoms. The lowest BCUT2D eigenvalue weighted by Crippen LogP contribution is -1.94. The molecule has 4 aromatic carbocycles. The Hall–Kier alpha value is -3.37. The van der Waals surface area contributed by atoms with Crippen molar-refractivity contribution < 1.29 is 4.79 Å². The summed E-state index contributed by atoms with van der Waals surface area (Å²) in [7, 11) is 0. The van der Waals surface area contributed by atoms with E-state index in [4.69, 9.17) is 0 Å². The van der Waals surface area contributed by atoms with Gasteiger partial charge in [0.15, 0.2) is 0 Å². The van der Waals surface area contributed by atoms with Crippen LogP contribution in [0.5, 0.6) is 0 Å². The summed E-state index contributed by atoms with van der Waals surface area (Å²) < 4.78 is 0. The van der Waals surface area contributed by atoms with Crippen molar-refractivity contribution >= 4 is 27.3 Å². The van der Waals surface area contributed by atoms with Gasteiger partial charge in [-0.1, -0.05) is 66.6 Å². The molecule has 0 heterocycles. The molecule has 0 aromatic heterocycles. The highest BCUT2D eigenvalue weighted by Crippen LogP contribution is 2.17. The highest BCUT2D eigenvalue weighted by molar-refractivity contribution is 6.11. The number of hydrogen-bond acceptors (Lipinski definition) is 1. The summed E-state index contributed by atoms with van der Waals surface area (Å²) in [6.45, 7) is 0. The molecule has 0 amide bonds. The van der Waals surface area contributed by atoms with Crippen LogP contribution in [0.2, 0.25) is 0 Å². The van der Waals surface area contributed by atoms with Crippen molar-refractivity contribution in [1.82, 2.24) is 0 Å². The quantitative estimate of drug-likeness (QED) is 0.348. The fourth-order valence-electron chi connectivity index (χ4n) is 2.80. The molecule has 1 nitrogen and oxygen atoms in total. The highest BCUT2D eigenvalue weighted by Gasteiger charge is 2.03. The van der Waals surface area contributed by atoms with Crippen molar-refractivity contribution in [3.63, 3.8) is 0 Å². The number of Topliss-reactive ketones (excluding diaryl/α,β-unsaturated/α-hetero) is 1. The van der Waals surface area contributed by atoms with E-state index in [0.717, 1.165) is 21.7 Å². The largest absolute Gasteiger partial charge is 0.279 e. The summed E-state index contributed by atoms with van der Waals surface area (Å²) in [5.41, 5.74) is 1.48. The summed E-state index contributed by atoms with van der Waals surface area (Å²) in [6.07, 6.45) is 0. The van der Waals surface area contributed by atoms with Crippen LogP contribution in [-0.2, 0) is 0 Å². The Kier molecular flexibility index (Phi) is 3.57. The van der Waals surface area contributed by atoms with Crippen LogP contribution in [0.15, 0.2) is 84.9 Å². The molecular weight excluding hydrogens is 292 g/mol. The SMILES string of the molecule is O=C(C#Cc1ccc2ccccc2c1)c1ccc2ccccc2c1. The maximum atomic E-state index is 12.4. The lowest BCUT2D eigenvalue weighted by Gasteiger charge is -1.99.